The fourth-order valence-electron chi connectivity index (χ4n) is 1.06. The predicted octanol–water partition coefficient (Wildman–Crippen LogP) is 1.10. The number of hydrogen-bond acceptors (Lipinski definition) is 5. The summed E-state index contributed by atoms with van der Waals surface area (Å²) in [5.41, 5.74) is 1.68. The van der Waals surface area contributed by atoms with Gasteiger partial charge >= 0.3 is 5.97 Å². The number of aromatic nitrogens is 1. The summed E-state index contributed by atoms with van der Waals surface area (Å²) in [5, 5.41) is 5.89. The third-order valence-corrected chi connectivity index (χ3v) is 1.77. The number of carbonyl (C=O) groups is 1. The van der Waals surface area contributed by atoms with Crippen LogP contribution in [0.2, 0.25) is 0 Å². The Balaban J connectivity index is 2.46. The first-order valence-electron chi connectivity index (χ1n) is 4.78. The van der Waals surface area contributed by atoms with E-state index in [1.165, 1.54) is 0 Å². The van der Waals surface area contributed by atoms with E-state index in [1.54, 1.807) is 19.3 Å². The molecule has 0 fully saturated rings. The summed E-state index contributed by atoms with van der Waals surface area (Å²) in [5.74, 6) is -0.271. The van der Waals surface area contributed by atoms with Gasteiger partial charge in [0.05, 0.1) is 30.4 Å². The molecule has 0 radical (unpaired) electrons. The molecule has 0 aliphatic rings. The van der Waals surface area contributed by atoms with Gasteiger partial charge in [0.1, 0.15) is 6.54 Å². The molecule has 1 aromatic rings. The Hall–Kier alpha value is -1.78. The van der Waals surface area contributed by atoms with Crippen molar-refractivity contribution in [3.63, 3.8) is 0 Å². The van der Waals surface area contributed by atoms with Crippen molar-refractivity contribution in [2.75, 3.05) is 30.8 Å². The van der Waals surface area contributed by atoms with Crippen LogP contribution in [0.3, 0.4) is 0 Å². The molecular formula is C10H15N3O2. The largest absolute Gasteiger partial charge is 0.465 e. The van der Waals surface area contributed by atoms with E-state index in [2.05, 4.69) is 15.6 Å². The Bertz CT molecular complexity index is 328. The van der Waals surface area contributed by atoms with Gasteiger partial charge in [0, 0.05) is 7.05 Å². The summed E-state index contributed by atoms with van der Waals surface area (Å²) in [6.07, 6.45) is 3.36. The van der Waals surface area contributed by atoms with Crippen molar-refractivity contribution in [3.05, 3.63) is 18.5 Å². The van der Waals surface area contributed by atoms with Crippen LogP contribution in [-0.2, 0) is 9.53 Å². The molecule has 0 saturated heterocycles. The highest BCUT2D eigenvalue weighted by Gasteiger charge is 2.01. The van der Waals surface area contributed by atoms with E-state index in [9.17, 15) is 4.79 Å². The first kappa shape index (κ1) is 11.3. The van der Waals surface area contributed by atoms with E-state index in [0.717, 1.165) is 11.4 Å². The Morgan fingerprint density at radius 2 is 2.20 bits per heavy atom. The molecular weight excluding hydrogens is 194 g/mol. The van der Waals surface area contributed by atoms with Crippen LogP contribution in [-0.4, -0.2) is 31.2 Å². The molecule has 0 spiro atoms. The molecule has 1 aromatic heterocycles. The van der Waals surface area contributed by atoms with Gasteiger partial charge in [-0.05, 0) is 13.0 Å². The van der Waals surface area contributed by atoms with Gasteiger partial charge in [0.25, 0.3) is 0 Å². The quantitative estimate of drug-likeness (QED) is 0.711. The molecule has 0 amide bonds. The lowest BCUT2D eigenvalue weighted by Gasteiger charge is -2.06. The van der Waals surface area contributed by atoms with Gasteiger partial charge in [-0.2, -0.15) is 0 Å². The summed E-state index contributed by atoms with van der Waals surface area (Å²) < 4.78 is 4.78. The van der Waals surface area contributed by atoms with Gasteiger partial charge in [-0.1, -0.05) is 0 Å². The molecule has 2 N–H and O–H groups in total. The minimum absolute atomic E-state index is 0.155. The van der Waals surface area contributed by atoms with Crippen molar-refractivity contribution in [1.29, 1.82) is 0 Å². The molecule has 82 valence electrons. The number of esters is 1. The van der Waals surface area contributed by atoms with Gasteiger partial charge in [-0.25, -0.2) is 0 Å². The van der Waals surface area contributed by atoms with Crippen LogP contribution in [0.5, 0.6) is 0 Å². The number of pyridine rings is 1. The van der Waals surface area contributed by atoms with Crippen LogP contribution in [0.1, 0.15) is 6.92 Å². The molecule has 1 rings (SSSR count). The number of rotatable bonds is 5. The highest BCUT2D eigenvalue weighted by Crippen LogP contribution is 2.11. The van der Waals surface area contributed by atoms with Crippen molar-refractivity contribution in [1.82, 2.24) is 4.98 Å². The highest BCUT2D eigenvalue weighted by atomic mass is 16.5. The predicted molar refractivity (Wildman–Crippen MR) is 58.9 cm³/mol. The summed E-state index contributed by atoms with van der Waals surface area (Å²) in [7, 11) is 1.81. The molecule has 5 heteroatoms. The fraction of sp³-hybridized carbons (Fsp3) is 0.400. The summed E-state index contributed by atoms with van der Waals surface area (Å²) in [4.78, 5) is 15.1. The van der Waals surface area contributed by atoms with E-state index < -0.39 is 0 Å². The monoisotopic (exact) mass is 209 g/mol. The second kappa shape index (κ2) is 5.85. The zero-order valence-corrected chi connectivity index (χ0v) is 8.91. The molecule has 0 saturated carbocycles. The number of hydrogen-bond donors (Lipinski definition) is 2. The first-order chi connectivity index (χ1) is 7.26. The second-order valence-corrected chi connectivity index (χ2v) is 2.87. The normalized spacial score (nSPS) is 9.47. The number of carbonyl (C=O) groups excluding carboxylic acids is 1. The molecule has 0 bridgehead atoms. The Morgan fingerprint density at radius 1 is 1.47 bits per heavy atom. The van der Waals surface area contributed by atoms with Gasteiger partial charge in [-0.15, -0.1) is 0 Å². The maximum atomic E-state index is 11.1. The van der Waals surface area contributed by atoms with Crippen LogP contribution in [0.25, 0.3) is 0 Å². The summed E-state index contributed by atoms with van der Waals surface area (Å²) in [6, 6.07) is 1.87. The lowest BCUT2D eigenvalue weighted by Crippen LogP contribution is -2.16. The van der Waals surface area contributed by atoms with Crippen LogP contribution in [0.15, 0.2) is 18.5 Å². The summed E-state index contributed by atoms with van der Waals surface area (Å²) >= 11 is 0. The van der Waals surface area contributed by atoms with E-state index in [0.29, 0.717) is 6.61 Å². The van der Waals surface area contributed by atoms with Crippen LogP contribution in [0.4, 0.5) is 11.4 Å². The Labute approximate surface area is 88.9 Å². The second-order valence-electron chi connectivity index (χ2n) is 2.87. The molecule has 0 aliphatic carbocycles. The van der Waals surface area contributed by atoms with Crippen molar-refractivity contribution in [3.8, 4) is 0 Å². The molecule has 0 aromatic carbocycles. The van der Waals surface area contributed by atoms with Crippen LogP contribution in [0, 0.1) is 0 Å². The SMILES string of the molecule is CCOC(=O)CNc1cncc(NC)c1. The van der Waals surface area contributed by atoms with Crippen molar-refractivity contribution in [2.45, 2.75) is 6.92 Å². The number of ether oxygens (including phenoxy) is 1. The number of nitrogens with one attached hydrogen (secondary N) is 2. The van der Waals surface area contributed by atoms with Crippen LogP contribution < -0.4 is 10.6 Å². The van der Waals surface area contributed by atoms with E-state index >= 15 is 0 Å². The lowest BCUT2D eigenvalue weighted by molar-refractivity contribution is -0.140. The average Bonchev–Trinajstić information content (AvgIpc) is 2.27. The minimum Gasteiger partial charge on any atom is -0.465 e. The maximum absolute atomic E-state index is 11.1. The smallest absolute Gasteiger partial charge is 0.325 e. The van der Waals surface area contributed by atoms with Gasteiger partial charge in [0.2, 0.25) is 0 Å². The van der Waals surface area contributed by atoms with Gasteiger partial charge in [-0.3, -0.25) is 9.78 Å². The third kappa shape index (κ3) is 3.84. The topological polar surface area (TPSA) is 63.2 Å². The lowest BCUT2D eigenvalue weighted by atomic mass is 10.3. The molecule has 5 nitrogen and oxygen atoms in total. The maximum Gasteiger partial charge on any atom is 0.325 e. The van der Waals surface area contributed by atoms with Gasteiger partial charge < -0.3 is 15.4 Å². The highest BCUT2D eigenvalue weighted by molar-refractivity contribution is 5.75. The fourth-order valence-corrected chi connectivity index (χ4v) is 1.06. The van der Waals surface area contributed by atoms with Crippen LogP contribution >= 0.6 is 0 Å². The molecule has 1 heterocycles. The molecule has 0 aliphatic heterocycles. The van der Waals surface area contributed by atoms with Crippen molar-refractivity contribution >= 4 is 17.3 Å². The van der Waals surface area contributed by atoms with Crippen molar-refractivity contribution < 1.29 is 9.53 Å². The Morgan fingerprint density at radius 3 is 2.87 bits per heavy atom. The summed E-state index contributed by atoms with van der Waals surface area (Å²) in [6.45, 7) is 2.33. The molecule has 0 unspecified atom stereocenters. The first-order valence-corrected chi connectivity index (χ1v) is 4.78. The van der Waals surface area contributed by atoms with Gasteiger partial charge in [0.15, 0.2) is 0 Å². The zero-order chi connectivity index (χ0) is 11.1. The molecule has 0 atom stereocenters. The number of nitrogens with zero attached hydrogens (tertiary/aromatic N) is 1. The molecule has 15 heavy (non-hydrogen) atoms. The van der Waals surface area contributed by atoms with Crippen molar-refractivity contribution in [2.24, 2.45) is 0 Å². The minimum atomic E-state index is -0.271. The number of anilines is 2. The third-order valence-electron chi connectivity index (χ3n) is 1.77. The zero-order valence-electron chi connectivity index (χ0n) is 8.91. The Kier molecular flexibility index (Phi) is 4.40. The van der Waals surface area contributed by atoms with E-state index in [4.69, 9.17) is 4.74 Å². The standard InChI is InChI=1S/C10H15N3O2/c1-3-15-10(14)7-13-9-4-8(11-2)5-12-6-9/h4-6,11,13H,3,7H2,1-2H3. The van der Waals surface area contributed by atoms with E-state index in [1.807, 2.05) is 13.1 Å². The average molecular weight is 209 g/mol. The van der Waals surface area contributed by atoms with E-state index in [-0.39, 0.29) is 12.5 Å².